The van der Waals surface area contributed by atoms with Crippen LogP contribution in [-0.4, -0.2) is 54.0 Å². The van der Waals surface area contributed by atoms with Crippen LogP contribution in [0.4, 0.5) is 0 Å². The molecule has 2 heterocycles. The Morgan fingerprint density at radius 2 is 1.80 bits per heavy atom. The van der Waals surface area contributed by atoms with Gasteiger partial charge in [0.05, 0.1) is 11.2 Å². The molecule has 2 bridgehead atoms. The van der Waals surface area contributed by atoms with Crippen molar-refractivity contribution < 1.29 is 18.3 Å². The molecule has 114 valence electrons. The van der Waals surface area contributed by atoms with E-state index in [2.05, 4.69) is 4.90 Å². The van der Waals surface area contributed by atoms with Crippen molar-refractivity contribution in [1.29, 1.82) is 0 Å². The lowest BCUT2D eigenvalue weighted by molar-refractivity contribution is -0.142. The predicted molar refractivity (Wildman–Crippen MR) is 75.3 cm³/mol. The number of sulfone groups is 1. The summed E-state index contributed by atoms with van der Waals surface area (Å²) in [5.74, 6) is -0.926. The standard InChI is InChI=1S/C14H23NO4S/c1-20(18,19)11-4-2-3-9(7-11)15-10-5-6-13(15)12(8-10)14(16)17/h9-13H,2-8H2,1H3,(H,16,17). The van der Waals surface area contributed by atoms with Crippen LogP contribution in [0.5, 0.6) is 0 Å². The molecule has 5 atom stereocenters. The zero-order valence-corrected chi connectivity index (χ0v) is 12.7. The molecule has 3 fully saturated rings. The zero-order valence-electron chi connectivity index (χ0n) is 11.9. The van der Waals surface area contributed by atoms with Gasteiger partial charge in [0, 0.05) is 24.4 Å². The van der Waals surface area contributed by atoms with Crippen LogP contribution in [0.1, 0.15) is 44.9 Å². The van der Waals surface area contributed by atoms with E-state index in [9.17, 15) is 18.3 Å². The van der Waals surface area contributed by atoms with Crippen LogP contribution >= 0.6 is 0 Å². The van der Waals surface area contributed by atoms with E-state index in [-0.39, 0.29) is 23.3 Å². The van der Waals surface area contributed by atoms with E-state index in [0.717, 1.165) is 38.5 Å². The third-order valence-corrected chi connectivity index (χ3v) is 7.17. The summed E-state index contributed by atoms with van der Waals surface area (Å²) in [7, 11) is -2.98. The molecule has 0 aromatic carbocycles. The van der Waals surface area contributed by atoms with E-state index < -0.39 is 15.8 Å². The second kappa shape index (κ2) is 4.98. The van der Waals surface area contributed by atoms with Crippen molar-refractivity contribution in [2.45, 2.75) is 68.3 Å². The number of aliphatic carboxylic acids is 1. The maximum Gasteiger partial charge on any atom is 0.308 e. The predicted octanol–water partition coefficient (Wildman–Crippen LogP) is 1.28. The molecule has 20 heavy (non-hydrogen) atoms. The molecular formula is C14H23NO4S. The highest BCUT2D eigenvalue weighted by Gasteiger charge is 2.52. The number of carboxylic acid groups (broad SMARTS) is 1. The number of carboxylic acids is 1. The summed E-state index contributed by atoms with van der Waals surface area (Å²) in [6, 6.07) is 0.774. The van der Waals surface area contributed by atoms with Crippen molar-refractivity contribution in [2.75, 3.05) is 6.26 Å². The zero-order chi connectivity index (χ0) is 14.5. The number of carbonyl (C=O) groups is 1. The third kappa shape index (κ3) is 2.37. The molecule has 0 aromatic rings. The summed E-state index contributed by atoms with van der Waals surface area (Å²) >= 11 is 0. The first-order valence-electron chi connectivity index (χ1n) is 7.57. The molecular weight excluding hydrogens is 278 g/mol. The molecule has 0 radical (unpaired) electrons. The normalized spacial score (nSPS) is 42.0. The van der Waals surface area contributed by atoms with E-state index in [0.29, 0.717) is 12.5 Å². The van der Waals surface area contributed by atoms with Gasteiger partial charge in [-0.25, -0.2) is 8.42 Å². The van der Waals surface area contributed by atoms with E-state index in [4.69, 9.17) is 0 Å². The van der Waals surface area contributed by atoms with Crippen molar-refractivity contribution in [3.63, 3.8) is 0 Å². The number of hydrogen-bond acceptors (Lipinski definition) is 4. The van der Waals surface area contributed by atoms with Gasteiger partial charge in [-0.3, -0.25) is 9.69 Å². The van der Waals surface area contributed by atoms with Crippen LogP contribution < -0.4 is 0 Å². The molecule has 0 aromatic heterocycles. The topological polar surface area (TPSA) is 74.7 Å². The molecule has 2 saturated heterocycles. The van der Waals surface area contributed by atoms with Gasteiger partial charge in [0.2, 0.25) is 0 Å². The molecule has 0 amide bonds. The lowest BCUT2D eigenvalue weighted by Crippen LogP contribution is -2.45. The fraction of sp³-hybridized carbons (Fsp3) is 0.929. The molecule has 1 aliphatic carbocycles. The first-order chi connectivity index (χ1) is 9.38. The first kappa shape index (κ1) is 14.3. The van der Waals surface area contributed by atoms with Gasteiger partial charge in [-0.05, 0) is 38.5 Å². The van der Waals surface area contributed by atoms with Crippen molar-refractivity contribution in [3.05, 3.63) is 0 Å². The van der Waals surface area contributed by atoms with Crippen molar-refractivity contribution in [2.24, 2.45) is 5.92 Å². The monoisotopic (exact) mass is 301 g/mol. The number of fused-ring (bicyclic) bond motifs is 2. The van der Waals surface area contributed by atoms with Crippen LogP contribution in [0.2, 0.25) is 0 Å². The van der Waals surface area contributed by atoms with E-state index in [1.807, 2.05) is 0 Å². The summed E-state index contributed by atoms with van der Waals surface area (Å²) in [6.45, 7) is 0. The van der Waals surface area contributed by atoms with Crippen molar-refractivity contribution in [3.8, 4) is 0 Å². The number of nitrogens with zero attached hydrogens (tertiary/aromatic N) is 1. The second-order valence-electron chi connectivity index (χ2n) is 6.70. The van der Waals surface area contributed by atoms with Gasteiger partial charge in [-0.15, -0.1) is 0 Å². The molecule has 6 heteroatoms. The Morgan fingerprint density at radius 1 is 1.10 bits per heavy atom. The summed E-state index contributed by atoms with van der Waals surface area (Å²) in [5, 5.41) is 9.08. The molecule has 3 rings (SSSR count). The van der Waals surface area contributed by atoms with Gasteiger partial charge in [-0.1, -0.05) is 6.42 Å². The van der Waals surface area contributed by atoms with E-state index >= 15 is 0 Å². The quantitative estimate of drug-likeness (QED) is 0.850. The lowest BCUT2D eigenvalue weighted by atomic mass is 9.89. The Kier molecular flexibility index (Phi) is 3.57. The Balaban J connectivity index is 1.75. The third-order valence-electron chi connectivity index (χ3n) is 5.53. The van der Waals surface area contributed by atoms with Crippen LogP contribution in [0.15, 0.2) is 0 Å². The SMILES string of the molecule is CS(=O)(=O)C1CCCC(N2C3CCC2C(C(=O)O)C3)C1. The molecule has 0 spiro atoms. The van der Waals surface area contributed by atoms with E-state index in [1.165, 1.54) is 6.26 Å². The van der Waals surface area contributed by atoms with Gasteiger partial charge in [0.1, 0.15) is 9.84 Å². The van der Waals surface area contributed by atoms with Crippen molar-refractivity contribution in [1.82, 2.24) is 4.90 Å². The molecule has 1 N–H and O–H groups in total. The molecule has 3 aliphatic rings. The lowest BCUT2D eigenvalue weighted by Gasteiger charge is -2.37. The highest BCUT2D eigenvalue weighted by atomic mass is 32.2. The van der Waals surface area contributed by atoms with Gasteiger partial charge in [0.15, 0.2) is 0 Å². The minimum absolute atomic E-state index is 0.140. The Labute approximate surface area is 120 Å². The average molecular weight is 301 g/mol. The fourth-order valence-electron chi connectivity index (χ4n) is 4.65. The second-order valence-corrected chi connectivity index (χ2v) is 9.02. The van der Waals surface area contributed by atoms with Gasteiger partial charge in [-0.2, -0.15) is 0 Å². The minimum Gasteiger partial charge on any atom is -0.481 e. The molecule has 5 unspecified atom stereocenters. The Bertz CT molecular complexity index is 503. The smallest absolute Gasteiger partial charge is 0.308 e. The highest BCUT2D eigenvalue weighted by Crippen LogP contribution is 2.45. The largest absolute Gasteiger partial charge is 0.481 e. The maximum atomic E-state index is 11.8. The first-order valence-corrected chi connectivity index (χ1v) is 9.52. The van der Waals surface area contributed by atoms with Crippen molar-refractivity contribution >= 4 is 15.8 Å². The van der Waals surface area contributed by atoms with Gasteiger partial charge in [0.25, 0.3) is 0 Å². The minimum atomic E-state index is -2.98. The Hall–Kier alpha value is -0.620. The summed E-state index contributed by atoms with van der Waals surface area (Å²) < 4.78 is 23.6. The molecule has 5 nitrogen and oxygen atoms in total. The van der Waals surface area contributed by atoms with Crippen LogP contribution in [0.3, 0.4) is 0 Å². The molecule has 1 saturated carbocycles. The summed E-state index contributed by atoms with van der Waals surface area (Å²) in [5.41, 5.74) is 0. The number of hydrogen-bond donors (Lipinski definition) is 1. The van der Waals surface area contributed by atoms with Crippen LogP contribution in [0.25, 0.3) is 0 Å². The average Bonchev–Trinajstić information content (AvgIpc) is 2.95. The molecule has 2 aliphatic heterocycles. The van der Waals surface area contributed by atoms with Gasteiger partial charge >= 0.3 is 5.97 Å². The summed E-state index contributed by atoms with van der Waals surface area (Å²) in [4.78, 5) is 13.7. The van der Waals surface area contributed by atoms with Gasteiger partial charge < -0.3 is 5.11 Å². The highest BCUT2D eigenvalue weighted by molar-refractivity contribution is 7.91. The Morgan fingerprint density at radius 3 is 2.40 bits per heavy atom. The maximum absolute atomic E-state index is 11.8. The van der Waals surface area contributed by atoms with E-state index in [1.54, 1.807) is 0 Å². The van der Waals surface area contributed by atoms with Crippen LogP contribution in [-0.2, 0) is 14.6 Å². The fourth-order valence-corrected chi connectivity index (χ4v) is 5.81. The van der Waals surface area contributed by atoms with Crippen LogP contribution in [0, 0.1) is 5.92 Å². The summed E-state index contributed by atoms with van der Waals surface area (Å²) in [6.07, 6.45) is 7.54. The number of rotatable bonds is 3.